The summed E-state index contributed by atoms with van der Waals surface area (Å²) in [7, 11) is 0. The maximum atomic E-state index is 10.9. The molecule has 0 spiro atoms. The monoisotopic (exact) mass is 1080 g/mol. The zero-order valence-electron chi connectivity index (χ0n) is 49.6. The number of rotatable bonds is 40. The molecule has 0 amide bonds. The summed E-state index contributed by atoms with van der Waals surface area (Å²) in [5.74, 6) is -2.91. The number of aliphatic carboxylic acids is 4. The number of carbonyl (C=O) groups excluding carboxylic acids is 4. The molecule has 0 aromatic carbocycles. The third kappa shape index (κ3) is 53.5. The number of carboxylic acids is 4. The Balaban J connectivity index is -0.000000280. The molecule has 73 heavy (non-hydrogen) atoms. The second-order valence-electron chi connectivity index (χ2n) is 22.2. The standard InChI is InChI=1S/4C14H28O4.Ti/c4*1-6-12(14(15)16)7-13(17-8-10(2)3)18-9-11(4)5;/h4*10-13H,6-9H2,1-5H3,(H,15,16);/q;;;;+4/p-4. The summed E-state index contributed by atoms with van der Waals surface area (Å²) in [5, 5.41) is 43.7. The van der Waals surface area contributed by atoms with E-state index in [0.29, 0.717) is 152 Å². The number of carbonyl (C=O) groups is 4. The van der Waals surface area contributed by atoms with Gasteiger partial charge in [-0.1, -0.05) is 138 Å². The fourth-order valence-corrected chi connectivity index (χ4v) is 5.78. The summed E-state index contributed by atoms with van der Waals surface area (Å²) in [5.41, 5.74) is 0. The average Bonchev–Trinajstić information content (AvgIpc) is 3.27. The predicted octanol–water partition coefficient (Wildman–Crippen LogP) is 7.29. The Labute approximate surface area is 460 Å². The molecule has 17 heteroatoms. The van der Waals surface area contributed by atoms with Crippen molar-refractivity contribution >= 4 is 23.9 Å². The fraction of sp³-hybridized carbons (Fsp3) is 0.929. The van der Waals surface area contributed by atoms with Gasteiger partial charge in [-0.3, -0.25) is 0 Å². The van der Waals surface area contributed by atoms with E-state index in [1.807, 2.05) is 27.7 Å². The molecule has 0 radical (unpaired) electrons. The minimum absolute atomic E-state index is 0. The van der Waals surface area contributed by atoms with Crippen LogP contribution in [0.2, 0.25) is 0 Å². The molecule has 4 unspecified atom stereocenters. The topological polar surface area (TPSA) is 234 Å². The van der Waals surface area contributed by atoms with E-state index in [9.17, 15) is 39.6 Å². The van der Waals surface area contributed by atoms with Gasteiger partial charge < -0.3 is 77.5 Å². The number of carboxylic acid groups (broad SMARTS) is 4. The van der Waals surface area contributed by atoms with Crippen LogP contribution >= 0.6 is 0 Å². The summed E-state index contributed by atoms with van der Waals surface area (Å²) in [4.78, 5) is 43.7. The Morgan fingerprint density at radius 3 is 0.452 bits per heavy atom. The van der Waals surface area contributed by atoms with Crippen molar-refractivity contribution in [3.63, 3.8) is 0 Å². The van der Waals surface area contributed by atoms with Gasteiger partial charge in [0.2, 0.25) is 0 Å². The smallest absolute Gasteiger partial charge is 0.550 e. The largest absolute Gasteiger partial charge is 4.00 e. The Hall–Kier alpha value is -1.73. The molecule has 0 aromatic rings. The van der Waals surface area contributed by atoms with E-state index >= 15 is 0 Å². The van der Waals surface area contributed by atoms with Crippen molar-refractivity contribution in [2.24, 2.45) is 71.0 Å². The molecule has 0 N–H and O–H groups in total. The van der Waals surface area contributed by atoms with E-state index in [1.165, 1.54) is 0 Å². The molecule has 4 atom stereocenters. The van der Waals surface area contributed by atoms with Gasteiger partial charge in [-0.05, 0) is 73.0 Å². The molecule has 0 fully saturated rings. The van der Waals surface area contributed by atoms with Gasteiger partial charge in [0.15, 0.2) is 25.2 Å². The van der Waals surface area contributed by atoms with Crippen LogP contribution in [0.3, 0.4) is 0 Å². The van der Waals surface area contributed by atoms with Gasteiger partial charge in [-0.2, -0.15) is 0 Å². The molecule has 0 bridgehead atoms. The summed E-state index contributed by atoms with van der Waals surface area (Å²) in [6.45, 7) is 44.8. The Bertz CT molecular complexity index is 1050. The van der Waals surface area contributed by atoms with E-state index in [1.54, 1.807) is 0 Å². The maximum Gasteiger partial charge on any atom is 4.00 e. The van der Waals surface area contributed by atoms with Crippen molar-refractivity contribution in [1.82, 2.24) is 0 Å². The molecule has 0 saturated carbocycles. The second kappa shape index (κ2) is 49.8. The minimum atomic E-state index is -1.02. The molecule has 0 saturated heterocycles. The molecule has 0 aliphatic carbocycles. The summed E-state index contributed by atoms with van der Waals surface area (Å²) in [6, 6.07) is 0. The molecular weight excluding hydrogens is 976 g/mol. The minimum Gasteiger partial charge on any atom is -0.550 e. The molecular formula is C56H108O16Ti. The van der Waals surface area contributed by atoms with E-state index in [2.05, 4.69) is 111 Å². The molecule has 0 aromatic heterocycles. The number of hydrogen-bond donors (Lipinski definition) is 0. The first-order chi connectivity index (χ1) is 33.4. The van der Waals surface area contributed by atoms with Gasteiger partial charge in [0.25, 0.3) is 0 Å². The molecule has 0 rings (SSSR count). The number of ether oxygens (including phenoxy) is 8. The Morgan fingerprint density at radius 2 is 0.384 bits per heavy atom. The SMILES string of the molecule is CCC(CC(OCC(C)C)OCC(C)C)C(=O)[O-].CCC(CC(OCC(C)C)OCC(C)C)C(=O)[O-].CCC(CC(OCC(C)C)OCC(C)C)C(=O)[O-].CCC(CC(OCC(C)C)OCC(C)C)C(=O)[O-].[Ti+4]. The van der Waals surface area contributed by atoms with Crippen molar-refractivity contribution in [3.8, 4) is 0 Å². The normalized spacial score (nSPS) is 13.4. The molecule has 432 valence electrons. The van der Waals surface area contributed by atoms with Crippen molar-refractivity contribution in [2.75, 3.05) is 52.9 Å². The van der Waals surface area contributed by atoms with Crippen LogP contribution in [0.4, 0.5) is 0 Å². The van der Waals surface area contributed by atoms with Crippen molar-refractivity contribution in [3.05, 3.63) is 0 Å². The van der Waals surface area contributed by atoms with Crippen molar-refractivity contribution in [2.45, 2.75) is 215 Å². The van der Waals surface area contributed by atoms with Crippen LogP contribution in [0, 0.1) is 71.0 Å². The van der Waals surface area contributed by atoms with Crippen LogP contribution in [-0.2, 0) is 78.8 Å². The average molecular weight is 1090 g/mol. The van der Waals surface area contributed by atoms with Crippen LogP contribution < -0.4 is 20.4 Å². The van der Waals surface area contributed by atoms with Crippen LogP contribution in [-0.4, -0.2) is 102 Å². The summed E-state index contributed by atoms with van der Waals surface area (Å²) in [6.07, 6.45) is 1.80. The van der Waals surface area contributed by atoms with E-state index < -0.39 is 72.7 Å². The van der Waals surface area contributed by atoms with Gasteiger partial charge in [-0.25, -0.2) is 0 Å². The predicted molar refractivity (Wildman–Crippen MR) is 275 cm³/mol. The number of hydrogen-bond acceptors (Lipinski definition) is 16. The molecule has 0 aliphatic heterocycles. The van der Waals surface area contributed by atoms with Gasteiger partial charge in [0.1, 0.15) is 0 Å². The van der Waals surface area contributed by atoms with E-state index in [4.69, 9.17) is 37.9 Å². The van der Waals surface area contributed by atoms with E-state index in [0.717, 1.165) is 0 Å². The zero-order chi connectivity index (χ0) is 56.5. The Kier molecular flexibility index (Phi) is 54.7. The Morgan fingerprint density at radius 1 is 0.274 bits per heavy atom. The summed E-state index contributed by atoms with van der Waals surface area (Å²) < 4.78 is 45.0. The van der Waals surface area contributed by atoms with Gasteiger partial charge >= 0.3 is 21.7 Å². The molecule has 16 nitrogen and oxygen atoms in total. The second-order valence-corrected chi connectivity index (χ2v) is 22.2. The quantitative estimate of drug-likeness (QED) is 0.0433. The molecule has 0 aliphatic rings. The third-order valence-corrected chi connectivity index (χ3v) is 10.1. The van der Waals surface area contributed by atoms with Crippen molar-refractivity contribution < 1.29 is 99.2 Å². The van der Waals surface area contributed by atoms with Gasteiger partial charge in [0.05, 0.1) is 52.9 Å². The third-order valence-electron chi connectivity index (χ3n) is 10.1. The first kappa shape index (κ1) is 80.1. The van der Waals surface area contributed by atoms with Crippen LogP contribution in [0.25, 0.3) is 0 Å². The maximum absolute atomic E-state index is 10.9. The van der Waals surface area contributed by atoms with Crippen LogP contribution in [0.5, 0.6) is 0 Å². The van der Waals surface area contributed by atoms with Gasteiger partial charge in [-0.15, -0.1) is 0 Å². The van der Waals surface area contributed by atoms with E-state index in [-0.39, 0.29) is 21.7 Å². The molecule has 0 heterocycles. The van der Waals surface area contributed by atoms with Gasteiger partial charge in [0, 0.05) is 73.2 Å². The summed E-state index contributed by atoms with van der Waals surface area (Å²) >= 11 is 0. The first-order valence-corrected chi connectivity index (χ1v) is 27.2. The zero-order valence-corrected chi connectivity index (χ0v) is 51.1. The first-order valence-electron chi connectivity index (χ1n) is 27.2. The van der Waals surface area contributed by atoms with Crippen LogP contribution in [0.1, 0.15) is 190 Å². The fourth-order valence-electron chi connectivity index (χ4n) is 5.78. The van der Waals surface area contributed by atoms with Crippen molar-refractivity contribution in [1.29, 1.82) is 0 Å². The van der Waals surface area contributed by atoms with Crippen LogP contribution in [0.15, 0.2) is 0 Å².